The van der Waals surface area contributed by atoms with Crippen LogP contribution in [0.3, 0.4) is 0 Å². The predicted molar refractivity (Wildman–Crippen MR) is 81.1 cm³/mol. The minimum Gasteiger partial charge on any atom is -0.478 e. The number of hydrogen-bond acceptors (Lipinski definition) is 5. The normalized spacial score (nSPS) is 22.6. The van der Waals surface area contributed by atoms with Crippen LogP contribution in [0.15, 0.2) is 12.4 Å². The molecular formula is C15H26N4O. The van der Waals surface area contributed by atoms with Gasteiger partial charge in [-0.25, -0.2) is 9.97 Å². The van der Waals surface area contributed by atoms with Crippen LogP contribution in [0.1, 0.15) is 46.0 Å². The fourth-order valence-corrected chi connectivity index (χ4v) is 2.85. The summed E-state index contributed by atoms with van der Waals surface area (Å²) in [6.07, 6.45) is 7.21. The van der Waals surface area contributed by atoms with E-state index >= 15 is 0 Å². The van der Waals surface area contributed by atoms with Gasteiger partial charge in [0, 0.05) is 24.7 Å². The van der Waals surface area contributed by atoms with E-state index < -0.39 is 0 Å². The maximum Gasteiger partial charge on any atom is 0.218 e. The molecule has 20 heavy (non-hydrogen) atoms. The summed E-state index contributed by atoms with van der Waals surface area (Å²) in [7, 11) is 0. The van der Waals surface area contributed by atoms with Gasteiger partial charge < -0.3 is 15.4 Å². The van der Waals surface area contributed by atoms with Crippen molar-refractivity contribution in [1.82, 2.24) is 9.97 Å². The van der Waals surface area contributed by atoms with Crippen LogP contribution in [0.2, 0.25) is 0 Å². The number of hydrogen-bond donors (Lipinski definition) is 1. The number of nitrogens with two attached hydrogens (primary N) is 1. The lowest BCUT2D eigenvalue weighted by Gasteiger charge is -2.36. The van der Waals surface area contributed by atoms with E-state index in [0.717, 1.165) is 44.5 Å². The van der Waals surface area contributed by atoms with Crippen molar-refractivity contribution < 1.29 is 4.74 Å². The average Bonchev–Trinajstić information content (AvgIpc) is 2.47. The highest BCUT2D eigenvalue weighted by Crippen LogP contribution is 2.27. The molecule has 0 atom stereocenters. The van der Waals surface area contributed by atoms with Crippen molar-refractivity contribution >= 4 is 5.82 Å². The summed E-state index contributed by atoms with van der Waals surface area (Å²) in [4.78, 5) is 11.0. The van der Waals surface area contributed by atoms with Gasteiger partial charge in [-0.3, -0.25) is 0 Å². The van der Waals surface area contributed by atoms with Crippen LogP contribution in [0.5, 0.6) is 5.88 Å². The molecule has 0 radical (unpaired) electrons. The van der Waals surface area contributed by atoms with Crippen molar-refractivity contribution in [3.05, 3.63) is 12.4 Å². The number of anilines is 1. The van der Waals surface area contributed by atoms with E-state index in [1.54, 1.807) is 6.33 Å². The van der Waals surface area contributed by atoms with Crippen molar-refractivity contribution in [3.8, 4) is 5.88 Å². The molecular weight excluding hydrogens is 252 g/mol. The van der Waals surface area contributed by atoms with Gasteiger partial charge in [-0.1, -0.05) is 6.92 Å². The zero-order valence-corrected chi connectivity index (χ0v) is 12.6. The zero-order valence-electron chi connectivity index (χ0n) is 12.6. The Kier molecular flexibility index (Phi) is 5.59. The van der Waals surface area contributed by atoms with Crippen LogP contribution < -0.4 is 15.4 Å². The van der Waals surface area contributed by atoms with Gasteiger partial charge in [0.25, 0.3) is 0 Å². The van der Waals surface area contributed by atoms with Gasteiger partial charge >= 0.3 is 0 Å². The Morgan fingerprint density at radius 2 is 2.00 bits per heavy atom. The largest absolute Gasteiger partial charge is 0.478 e. The number of nitrogens with zero attached hydrogens (tertiary/aromatic N) is 3. The SMILES string of the molecule is CCCN(c1cc(OCC)ncn1)C1CCC(N)CC1. The predicted octanol–water partition coefficient (Wildman–Crippen LogP) is 2.36. The number of rotatable bonds is 6. The molecule has 1 aromatic rings. The van der Waals surface area contributed by atoms with E-state index in [2.05, 4.69) is 21.8 Å². The first-order chi connectivity index (χ1) is 9.74. The highest BCUT2D eigenvalue weighted by atomic mass is 16.5. The summed E-state index contributed by atoms with van der Waals surface area (Å²) < 4.78 is 5.48. The second-order valence-corrected chi connectivity index (χ2v) is 5.41. The summed E-state index contributed by atoms with van der Waals surface area (Å²) in [5.41, 5.74) is 6.01. The molecule has 0 bridgehead atoms. The van der Waals surface area contributed by atoms with E-state index in [1.165, 1.54) is 0 Å². The van der Waals surface area contributed by atoms with Crippen molar-refractivity contribution in [1.29, 1.82) is 0 Å². The van der Waals surface area contributed by atoms with Gasteiger partial charge in [0.15, 0.2) is 0 Å². The maximum atomic E-state index is 6.01. The standard InChI is InChI=1S/C15H26N4O/c1-3-9-19(13-7-5-12(16)6-8-13)14-10-15(20-4-2)18-11-17-14/h10-13H,3-9,16H2,1-2H3. The molecule has 2 rings (SSSR count). The highest BCUT2D eigenvalue weighted by Gasteiger charge is 2.25. The van der Waals surface area contributed by atoms with Crippen molar-refractivity contribution in [3.63, 3.8) is 0 Å². The second-order valence-electron chi connectivity index (χ2n) is 5.41. The van der Waals surface area contributed by atoms with E-state index in [9.17, 15) is 0 Å². The molecule has 1 fully saturated rings. The molecule has 0 aliphatic heterocycles. The molecule has 0 unspecified atom stereocenters. The molecule has 1 aromatic heterocycles. The van der Waals surface area contributed by atoms with E-state index in [4.69, 9.17) is 10.5 Å². The monoisotopic (exact) mass is 278 g/mol. The van der Waals surface area contributed by atoms with Crippen LogP contribution in [0, 0.1) is 0 Å². The fourth-order valence-electron chi connectivity index (χ4n) is 2.85. The molecule has 5 heteroatoms. The first kappa shape index (κ1) is 15.0. The molecule has 0 amide bonds. The molecule has 0 aromatic carbocycles. The molecule has 1 aliphatic rings. The van der Waals surface area contributed by atoms with E-state index in [-0.39, 0.29) is 0 Å². The van der Waals surface area contributed by atoms with Gasteiger partial charge in [0.1, 0.15) is 12.1 Å². The van der Waals surface area contributed by atoms with Gasteiger partial charge in [0.05, 0.1) is 6.61 Å². The Morgan fingerprint density at radius 3 is 2.65 bits per heavy atom. The summed E-state index contributed by atoms with van der Waals surface area (Å²) >= 11 is 0. The maximum absolute atomic E-state index is 6.01. The Hall–Kier alpha value is -1.36. The van der Waals surface area contributed by atoms with Crippen LogP contribution in [-0.4, -0.2) is 35.2 Å². The zero-order chi connectivity index (χ0) is 14.4. The Bertz CT molecular complexity index is 405. The second kappa shape index (κ2) is 7.43. The van der Waals surface area contributed by atoms with Gasteiger partial charge in [0.2, 0.25) is 5.88 Å². The van der Waals surface area contributed by atoms with Crippen LogP contribution in [0.4, 0.5) is 5.82 Å². The van der Waals surface area contributed by atoms with E-state index in [1.807, 2.05) is 13.0 Å². The lowest BCUT2D eigenvalue weighted by molar-refractivity contribution is 0.325. The third kappa shape index (κ3) is 3.82. The summed E-state index contributed by atoms with van der Waals surface area (Å²) in [5.74, 6) is 1.64. The molecule has 5 nitrogen and oxygen atoms in total. The average molecular weight is 278 g/mol. The third-order valence-electron chi connectivity index (χ3n) is 3.86. The third-order valence-corrected chi connectivity index (χ3v) is 3.86. The first-order valence-electron chi connectivity index (χ1n) is 7.71. The van der Waals surface area contributed by atoms with Crippen LogP contribution in [-0.2, 0) is 0 Å². The lowest BCUT2D eigenvalue weighted by atomic mass is 9.90. The Balaban J connectivity index is 2.12. The quantitative estimate of drug-likeness (QED) is 0.865. The lowest BCUT2D eigenvalue weighted by Crippen LogP contribution is -2.41. The van der Waals surface area contributed by atoms with Crippen LogP contribution >= 0.6 is 0 Å². The van der Waals surface area contributed by atoms with Gasteiger partial charge in [-0.2, -0.15) is 0 Å². The topological polar surface area (TPSA) is 64.3 Å². The molecule has 1 saturated carbocycles. The minimum absolute atomic E-state index is 0.374. The van der Waals surface area contributed by atoms with Gasteiger partial charge in [-0.05, 0) is 39.0 Å². The molecule has 0 saturated heterocycles. The first-order valence-corrected chi connectivity index (χ1v) is 7.71. The minimum atomic E-state index is 0.374. The summed E-state index contributed by atoms with van der Waals surface area (Å²) in [6.45, 7) is 5.81. The fraction of sp³-hybridized carbons (Fsp3) is 0.733. The van der Waals surface area contributed by atoms with Crippen molar-refractivity contribution in [2.75, 3.05) is 18.1 Å². The Labute approximate surface area is 121 Å². The molecule has 1 aliphatic carbocycles. The van der Waals surface area contributed by atoms with Crippen molar-refractivity contribution in [2.24, 2.45) is 5.73 Å². The molecule has 1 heterocycles. The smallest absolute Gasteiger partial charge is 0.218 e. The molecule has 2 N–H and O–H groups in total. The number of ether oxygens (including phenoxy) is 1. The molecule has 0 spiro atoms. The van der Waals surface area contributed by atoms with Gasteiger partial charge in [-0.15, -0.1) is 0 Å². The summed E-state index contributed by atoms with van der Waals surface area (Å²) in [6, 6.07) is 2.87. The van der Waals surface area contributed by atoms with Crippen molar-refractivity contribution in [2.45, 2.75) is 58.0 Å². The highest BCUT2D eigenvalue weighted by molar-refractivity contribution is 5.42. The Morgan fingerprint density at radius 1 is 1.25 bits per heavy atom. The van der Waals surface area contributed by atoms with Crippen LogP contribution in [0.25, 0.3) is 0 Å². The number of aromatic nitrogens is 2. The summed E-state index contributed by atoms with van der Waals surface area (Å²) in [5, 5.41) is 0. The molecule has 112 valence electrons. The van der Waals surface area contributed by atoms with E-state index in [0.29, 0.717) is 24.6 Å².